The van der Waals surface area contributed by atoms with Crippen molar-refractivity contribution in [3.63, 3.8) is 0 Å². The van der Waals surface area contributed by atoms with Crippen LogP contribution in [0, 0.1) is 0 Å². The average molecular weight is 398 g/mol. The summed E-state index contributed by atoms with van der Waals surface area (Å²) >= 11 is 0. The first-order valence-electron chi connectivity index (χ1n) is 10.3. The standard InChI is InChI=1S/C24H35NO2Si/c1-24(2,3)28(4,5)27-23-17-25(16-20-12-8-6-9-13-20)22(23)19-26-18-21-14-10-7-11-15-21/h6-15,22-23H,16-19H2,1-5H3/t22-,23-/m0/s1. The Morgan fingerprint density at radius 2 is 1.50 bits per heavy atom. The maximum Gasteiger partial charge on any atom is 0.192 e. The molecule has 2 aromatic carbocycles. The van der Waals surface area contributed by atoms with E-state index in [0.717, 1.165) is 13.1 Å². The van der Waals surface area contributed by atoms with E-state index >= 15 is 0 Å². The Hall–Kier alpha value is -1.46. The summed E-state index contributed by atoms with van der Waals surface area (Å²) < 4.78 is 12.9. The summed E-state index contributed by atoms with van der Waals surface area (Å²) in [5, 5.41) is 0.224. The molecule has 0 bridgehead atoms. The molecule has 1 aliphatic rings. The highest BCUT2D eigenvalue weighted by Gasteiger charge is 2.46. The van der Waals surface area contributed by atoms with E-state index in [0.29, 0.717) is 19.3 Å². The molecule has 0 unspecified atom stereocenters. The van der Waals surface area contributed by atoms with Crippen molar-refractivity contribution in [3.05, 3.63) is 71.8 Å². The van der Waals surface area contributed by atoms with E-state index < -0.39 is 8.32 Å². The maximum atomic E-state index is 6.74. The topological polar surface area (TPSA) is 21.7 Å². The van der Waals surface area contributed by atoms with E-state index in [-0.39, 0.29) is 11.1 Å². The highest BCUT2D eigenvalue weighted by atomic mass is 28.4. The van der Waals surface area contributed by atoms with Crippen LogP contribution in [-0.2, 0) is 22.3 Å². The molecule has 2 aromatic rings. The molecule has 4 heteroatoms. The lowest BCUT2D eigenvalue weighted by Gasteiger charge is -2.52. The van der Waals surface area contributed by atoms with Crippen molar-refractivity contribution >= 4 is 8.32 Å². The van der Waals surface area contributed by atoms with E-state index in [1.165, 1.54) is 11.1 Å². The first-order chi connectivity index (χ1) is 13.3. The summed E-state index contributed by atoms with van der Waals surface area (Å²) in [6, 6.07) is 21.4. The molecule has 0 aliphatic carbocycles. The summed E-state index contributed by atoms with van der Waals surface area (Å²) in [4.78, 5) is 2.50. The predicted octanol–water partition coefficient (Wildman–Crippen LogP) is 5.48. The Morgan fingerprint density at radius 1 is 0.929 bits per heavy atom. The minimum atomic E-state index is -1.79. The van der Waals surface area contributed by atoms with Crippen molar-refractivity contribution in [3.8, 4) is 0 Å². The molecule has 0 amide bonds. The largest absolute Gasteiger partial charge is 0.411 e. The lowest BCUT2D eigenvalue weighted by atomic mass is 9.99. The van der Waals surface area contributed by atoms with Gasteiger partial charge in [0.15, 0.2) is 8.32 Å². The van der Waals surface area contributed by atoms with Gasteiger partial charge in [0.2, 0.25) is 0 Å². The summed E-state index contributed by atoms with van der Waals surface area (Å²) in [5.74, 6) is 0. The number of benzene rings is 2. The highest BCUT2D eigenvalue weighted by molar-refractivity contribution is 6.74. The Balaban J connectivity index is 1.62. The Kier molecular flexibility index (Phi) is 6.76. The third kappa shape index (κ3) is 5.32. The molecule has 0 spiro atoms. The number of nitrogens with zero attached hydrogens (tertiary/aromatic N) is 1. The van der Waals surface area contributed by atoms with Crippen LogP contribution in [0.2, 0.25) is 18.1 Å². The van der Waals surface area contributed by atoms with Crippen LogP contribution in [0.15, 0.2) is 60.7 Å². The quantitative estimate of drug-likeness (QED) is 0.551. The lowest BCUT2D eigenvalue weighted by Crippen LogP contribution is -2.65. The number of rotatable bonds is 8. The fourth-order valence-electron chi connectivity index (χ4n) is 3.34. The second-order valence-electron chi connectivity index (χ2n) is 9.40. The molecule has 1 fully saturated rings. The van der Waals surface area contributed by atoms with Gasteiger partial charge in [0.1, 0.15) is 0 Å². The SMILES string of the molecule is CC(C)(C)[Si](C)(C)O[C@H]1CN(Cc2ccccc2)[C@H]1COCc1ccccc1. The summed E-state index contributed by atoms with van der Waals surface area (Å²) in [6.45, 7) is 14.9. The molecule has 3 rings (SSSR count). The van der Waals surface area contributed by atoms with Crippen LogP contribution >= 0.6 is 0 Å². The smallest absolute Gasteiger partial charge is 0.192 e. The lowest BCUT2D eigenvalue weighted by molar-refractivity contribution is -0.0950. The Labute approximate surface area is 171 Å². The minimum absolute atomic E-state index is 0.224. The average Bonchev–Trinajstić information content (AvgIpc) is 2.65. The summed E-state index contributed by atoms with van der Waals surface area (Å²) in [5.41, 5.74) is 2.57. The van der Waals surface area contributed by atoms with Gasteiger partial charge in [-0.1, -0.05) is 81.4 Å². The zero-order chi connectivity index (χ0) is 20.2. The van der Waals surface area contributed by atoms with Gasteiger partial charge < -0.3 is 9.16 Å². The van der Waals surface area contributed by atoms with Crippen molar-refractivity contribution in [1.82, 2.24) is 4.90 Å². The molecule has 28 heavy (non-hydrogen) atoms. The maximum absolute atomic E-state index is 6.74. The number of hydrogen-bond donors (Lipinski definition) is 0. The molecular weight excluding hydrogens is 362 g/mol. The van der Waals surface area contributed by atoms with E-state index in [9.17, 15) is 0 Å². The summed E-state index contributed by atoms with van der Waals surface area (Å²) in [6.07, 6.45) is 0.264. The van der Waals surface area contributed by atoms with Gasteiger partial charge in [-0.05, 0) is 29.3 Å². The Bertz CT molecular complexity index is 727. The van der Waals surface area contributed by atoms with Crippen LogP contribution < -0.4 is 0 Å². The molecule has 0 N–H and O–H groups in total. The molecule has 2 atom stereocenters. The second-order valence-corrected chi connectivity index (χ2v) is 14.2. The second kappa shape index (κ2) is 8.91. The molecule has 3 nitrogen and oxygen atoms in total. The molecule has 1 aliphatic heterocycles. The number of hydrogen-bond acceptors (Lipinski definition) is 3. The molecular formula is C24H35NO2Si. The van der Waals surface area contributed by atoms with Gasteiger partial charge >= 0.3 is 0 Å². The Morgan fingerprint density at radius 3 is 2.07 bits per heavy atom. The fraction of sp³-hybridized carbons (Fsp3) is 0.500. The molecule has 0 radical (unpaired) electrons. The molecule has 0 aromatic heterocycles. The summed E-state index contributed by atoms with van der Waals surface area (Å²) in [7, 11) is -1.79. The first kappa shape index (κ1) is 21.3. The van der Waals surface area contributed by atoms with Gasteiger partial charge in [0.25, 0.3) is 0 Å². The van der Waals surface area contributed by atoms with Gasteiger partial charge in [-0.15, -0.1) is 0 Å². The van der Waals surface area contributed by atoms with Crippen molar-refractivity contribution in [2.45, 2.75) is 64.2 Å². The van der Waals surface area contributed by atoms with Gasteiger partial charge in [-0.2, -0.15) is 0 Å². The van der Waals surface area contributed by atoms with Crippen LogP contribution in [0.3, 0.4) is 0 Å². The fourth-order valence-corrected chi connectivity index (χ4v) is 4.68. The molecule has 1 heterocycles. The van der Waals surface area contributed by atoms with E-state index in [1.54, 1.807) is 0 Å². The van der Waals surface area contributed by atoms with E-state index in [4.69, 9.17) is 9.16 Å². The highest BCUT2D eigenvalue weighted by Crippen LogP contribution is 2.39. The van der Waals surface area contributed by atoms with Crippen molar-refractivity contribution in [1.29, 1.82) is 0 Å². The van der Waals surface area contributed by atoms with Gasteiger partial charge in [0, 0.05) is 13.1 Å². The van der Waals surface area contributed by atoms with Gasteiger partial charge in [-0.3, -0.25) is 4.90 Å². The molecule has 0 saturated carbocycles. The number of likely N-dealkylation sites (tertiary alicyclic amines) is 1. The van der Waals surface area contributed by atoms with Crippen LogP contribution in [0.25, 0.3) is 0 Å². The zero-order valence-corrected chi connectivity index (χ0v) is 19.0. The number of ether oxygens (including phenoxy) is 1. The predicted molar refractivity (Wildman–Crippen MR) is 119 cm³/mol. The van der Waals surface area contributed by atoms with Crippen LogP contribution in [0.5, 0.6) is 0 Å². The van der Waals surface area contributed by atoms with E-state index in [2.05, 4.69) is 93.4 Å². The van der Waals surface area contributed by atoms with Gasteiger partial charge in [-0.25, -0.2) is 0 Å². The van der Waals surface area contributed by atoms with Gasteiger partial charge in [0.05, 0.1) is 25.4 Å². The minimum Gasteiger partial charge on any atom is -0.411 e. The van der Waals surface area contributed by atoms with Crippen molar-refractivity contribution in [2.24, 2.45) is 0 Å². The van der Waals surface area contributed by atoms with Crippen molar-refractivity contribution < 1.29 is 9.16 Å². The third-order valence-electron chi connectivity index (χ3n) is 6.19. The molecule has 152 valence electrons. The first-order valence-corrected chi connectivity index (χ1v) is 13.2. The monoisotopic (exact) mass is 397 g/mol. The van der Waals surface area contributed by atoms with Crippen LogP contribution in [-0.4, -0.2) is 38.5 Å². The normalized spacial score (nSPS) is 20.8. The van der Waals surface area contributed by atoms with Crippen LogP contribution in [0.4, 0.5) is 0 Å². The zero-order valence-electron chi connectivity index (χ0n) is 18.0. The van der Waals surface area contributed by atoms with Crippen LogP contribution in [0.1, 0.15) is 31.9 Å². The van der Waals surface area contributed by atoms with Crippen molar-refractivity contribution in [2.75, 3.05) is 13.2 Å². The molecule has 1 saturated heterocycles. The third-order valence-corrected chi connectivity index (χ3v) is 10.7. The van der Waals surface area contributed by atoms with E-state index in [1.807, 2.05) is 6.07 Å².